The van der Waals surface area contributed by atoms with E-state index in [9.17, 15) is 0 Å². The fourth-order valence-electron chi connectivity index (χ4n) is 7.79. The minimum atomic E-state index is 0.546. The van der Waals surface area contributed by atoms with Crippen LogP contribution < -0.4 is 0 Å². The van der Waals surface area contributed by atoms with Crippen molar-refractivity contribution >= 4 is 0 Å². The number of hydrogen-bond acceptors (Lipinski definition) is 0. The van der Waals surface area contributed by atoms with Crippen molar-refractivity contribution in [2.75, 3.05) is 0 Å². The maximum absolute atomic E-state index is 2.72. The Hall–Kier alpha value is -0.520. The lowest BCUT2D eigenvalue weighted by atomic mass is 9.47. The molecule has 0 radical (unpaired) electrons. The van der Waals surface area contributed by atoms with Crippen LogP contribution in [0, 0.1) is 40.4 Å². The van der Waals surface area contributed by atoms with Gasteiger partial charge in [-0.3, -0.25) is 0 Å². The quantitative estimate of drug-likeness (QED) is 0.448. The average Bonchev–Trinajstić information content (AvgIpc) is 2.92. The molecular formula is C24H38. The second-order valence-electron chi connectivity index (χ2n) is 10.3. The lowest BCUT2D eigenvalue weighted by Gasteiger charge is -2.58. The first kappa shape index (κ1) is 16.9. The van der Waals surface area contributed by atoms with E-state index in [1.165, 1.54) is 51.4 Å². The van der Waals surface area contributed by atoms with Crippen molar-refractivity contribution in [3.8, 4) is 0 Å². The molecule has 7 atom stereocenters. The summed E-state index contributed by atoms with van der Waals surface area (Å²) < 4.78 is 0. The van der Waals surface area contributed by atoms with E-state index in [-0.39, 0.29) is 0 Å². The zero-order chi connectivity index (χ0) is 17.1. The highest BCUT2D eigenvalue weighted by molar-refractivity contribution is 5.26. The van der Waals surface area contributed by atoms with Gasteiger partial charge in [0.1, 0.15) is 0 Å². The minimum absolute atomic E-state index is 0.546. The van der Waals surface area contributed by atoms with Crippen molar-refractivity contribution in [3.63, 3.8) is 0 Å². The van der Waals surface area contributed by atoms with E-state index < -0.39 is 0 Å². The highest BCUT2D eigenvalue weighted by Crippen LogP contribution is 2.67. The largest absolute Gasteiger partial charge is 0.0884 e. The van der Waals surface area contributed by atoms with Crippen molar-refractivity contribution in [1.82, 2.24) is 0 Å². The summed E-state index contributed by atoms with van der Waals surface area (Å²) in [5.41, 5.74) is 4.65. The van der Waals surface area contributed by atoms with E-state index in [1.54, 1.807) is 5.57 Å². The van der Waals surface area contributed by atoms with Crippen LogP contribution in [0.1, 0.15) is 86.0 Å². The third kappa shape index (κ3) is 2.24. The maximum Gasteiger partial charge on any atom is -0.00851 e. The molecule has 0 heterocycles. The molecule has 4 aliphatic rings. The molecule has 4 rings (SSSR count). The van der Waals surface area contributed by atoms with E-state index in [0.29, 0.717) is 10.8 Å². The zero-order valence-corrected chi connectivity index (χ0v) is 16.7. The molecule has 0 nitrogen and oxygen atoms in total. The Balaban J connectivity index is 1.65. The van der Waals surface area contributed by atoms with Crippen LogP contribution >= 0.6 is 0 Å². The second-order valence-corrected chi connectivity index (χ2v) is 10.3. The van der Waals surface area contributed by atoms with E-state index in [4.69, 9.17) is 0 Å². The molecule has 0 aromatic rings. The summed E-state index contributed by atoms with van der Waals surface area (Å²) >= 11 is 0. The molecular weight excluding hydrogens is 288 g/mol. The lowest BCUT2D eigenvalue weighted by Crippen LogP contribution is -2.50. The van der Waals surface area contributed by atoms with Gasteiger partial charge in [-0.1, -0.05) is 44.1 Å². The van der Waals surface area contributed by atoms with Crippen LogP contribution in [0.3, 0.4) is 0 Å². The van der Waals surface area contributed by atoms with Crippen molar-refractivity contribution in [1.29, 1.82) is 0 Å². The Morgan fingerprint density at radius 3 is 2.62 bits per heavy atom. The summed E-state index contributed by atoms with van der Waals surface area (Å²) in [7, 11) is 0. The molecule has 0 bridgehead atoms. The molecule has 0 saturated heterocycles. The predicted molar refractivity (Wildman–Crippen MR) is 104 cm³/mol. The third-order valence-corrected chi connectivity index (χ3v) is 9.36. The Morgan fingerprint density at radius 1 is 1.08 bits per heavy atom. The second kappa shape index (κ2) is 5.75. The normalized spacial score (nSPS) is 51.5. The van der Waals surface area contributed by atoms with Gasteiger partial charge in [-0.25, -0.2) is 0 Å². The van der Waals surface area contributed by atoms with Gasteiger partial charge in [-0.2, -0.15) is 0 Å². The fraction of sp³-hybridized carbons (Fsp3) is 0.833. The SMILES string of the molecule is C/C=C(\C)[C@H]1CCC2C3CC=C4C[C@@H](C)CCC4(C)C3CCC21C. The highest BCUT2D eigenvalue weighted by Gasteiger charge is 2.58. The Morgan fingerprint density at radius 2 is 1.88 bits per heavy atom. The van der Waals surface area contributed by atoms with E-state index in [2.05, 4.69) is 46.8 Å². The summed E-state index contributed by atoms with van der Waals surface area (Å²) in [6, 6.07) is 0. The first-order valence-electron chi connectivity index (χ1n) is 10.7. The maximum atomic E-state index is 2.72. The third-order valence-electron chi connectivity index (χ3n) is 9.36. The molecule has 0 heteroatoms. The molecule has 3 fully saturated rings. The van der Waals surface area contributed by atoms with Crippen LogP contribution in [0.5, 0.6) is 0 Å². The molecule has 5 unspecified atom stereocenters. The summed E-state index contributed by atoms with van der Waals surface area (Å²) in [6.07, 6.45) is 16.7. The molecule has 0 aromatic carbocycles. The summed E-state index contributed by atoms with van der Waals surface area (Å²) in [5, 5.41) is 0. The van der Waals surface area contributed by atoms with Crippen LogP contribution in [0.15, 0.2) is 23.3 Å². The molecule has 4 aliphatic carbocycles. The first-order valence-corrected chi connectivity index (χ1v) is 10.7. The molecule has 0 aromatic heterocycles. The Kier molecular flexibility index (Phi) is 4.05. The number of fused-ring (bicyclic) bond motifs is 5. The van der Waals surface area contributed by atoms with Gasteiger partial charge in [0.25, 0.3) is 0 Å². The van der Waals surface area contributed by atoms with E-state index in [0.717, 1.165) is 29.6 Å². The van der Waals surface area contributed by atoms with Gasteiger partial charge in [0, 0.05) is 0 Å². The highest BCUT2D eigenvalue weighted by atomic mass is 14.6. The molecule has 3 saturated carbocycles. The van der Waals surface area contributed by atoms with Gasteiger partial charge in [0.2, 0.25) is 0 Å². The van der Waals surface area contributed by atoms with E-state index >= 15 is 0 Å². The van der Waals surface area contributed by atoms with Gasteiger partial charge < -0.3 is 0 Å². The van der Waals surface area contributed by atoms with Crippen molar-refractivity contribution < 1.29 is 0 Å². The van der Waals surface area contributed by atoms with Gasteiger partial charge in [-0.05, 0) is 106 Å². The van der Waals surface area contributed by atoms with Gasteiger partial charge in [-0.15, -0.1) is 0 Å². The first-order chi connectivity index (χ1) is 11.4. The Labute approximate surface area is 150 Å². The minimum Gasteiger partial charge on any atom is -0.0884 e. The molecule has 0 aliphatic heterocycles. The average molecular weight is 327 g/mol. The topological polar surface area (TPSA) is 0 Å². The molecule has 24 heavy (non-hydrogen) atoms. The monoisotopic (exact) mass is 326 g/mol. The van der Waals surface area contributed by atoms with Crippen LogP contribution in [-0.2, 0) is 0 Å². The van der Waals surface area contributed by atoms with Crippen molar-refractivity contribution in [2.45, 2.75) is 86.0 Å². The van der Waals surface area contributed by atoms with Crippen molar-refractivity contribution in [3.05, 3.63) is 23.3 Å². The van der Waals surface area contributed by atoms with Crippen LogP contribution in [0.25, 0.3) is 0 Å². The molecule has 134 valence electrons. The number of rotatable bonds is 1. The van der Waals surface area contributed by atoms with Crippen LogP contribution in [0.2, 0.25) is 0 Å². The van der Waals surface area contributed by atoms with Gasteiger partial charge >= 0.3 is 0 Å². The van der Waals surface area contributed by atoms with E-state index in [1.807, 2.05) is 5.57 Å². The standard InChI is InChI=1S/C24H38/c1-6-17(3)20-9-10-21-19-8-7-18-15-16(2)11-13-23(18,4)22(19)12-14-24(20,21)5/h6-7,16,19-22H,8-15H2,1-5H3/b17-6+/t16-,19?,20+,21?,22?,23?,24?/m0/s1. The van der Waals surface area contributed by atoms with Crippen LogP contribution in [0.4, 0.5) is 0 Å². The molecule has 0 spiro atoms. The number of hydrogen-bond donors (Lipinski definition) is 0. The molecule has 0 N–H and O–H groups in total. The van der Waals surface area contributed by atoms with Crippen LogP contribution in [-0.4, -0.2) is 0 Å². The van der Waals surface area contributed by atoms with Gasteiger partial charge in [0.15, 0.2) is 0 Å². The van der Waals surface area contributed by atoms with Gasteiger partial charge in [0.05, 0.1) is 0 Å². The lowest BCUT2D eigenvalue weighted by molar-refractivity contribution is -0.0388. The Bertz CT molecular complexity index is 567. The summed E-state index contributed by atoms with van der Waals surface area (Å²) in [6.45, 7) is 12.4. The molecule has 0 amide bonds. The van der Waals surface area contributed by atoms with Crippen molar-refractivity contribution in [2.24, 2.45) is 40.4 Å². The number of allylic oxidation sites excluding steroid dienone is 4. The fourth-order valence-corrected chi connectivity index (χ4v) is 7.79. The summed E-state index contributed by atoms with van der Waals surface area (Å²) in [4.78, 5) is 0. The smallest absolute Gasteiger partial charge is 0.00851 e. The zero-order valence-electron chi connectivity index (χ0n) is 16.7. The summed E-state index contributed by atoms with van der Waals surface area (Å²) in [5.74, 6) is 4.71. The predicted octanol–water partition coefficient (Wildman–Crippen LogP) is 7.17.